The number of aromatic nitrogens is 2. The lowest BCUT2D eigenvalue weighted by Crippen LogP contribution is -2.31. The molecule has 0 bridgehead atoms. The number of fused-ring (bicyclic) bond motifs is 1. The fourth-order valence-electron chi connectivity index (χ4n) is 3.06. The number of anilines is 3. The van der Waals surface area contributed by atoms with Crippen molar-refractivity contribution in [1.29, 1.82) is 5.26 Å². The van der Waals surface area contributed by atoms with Crippen LogP contribution in [0, 0.1) is 11.3 Å². The molecule has 3 aromatic rings. The fourth-order valence-corrected chi connectivity index (χ4v) is 3.06. The van der Waals surface area contributed by atoms with E-state index in [-0.39, 0.29) is 0 Å². The van der Waals surface area contributed by atoms with Crippen LogP contribution < -0.4 is 10.2 Å². The Kier molecular flexibility index (Phi) is 4.01. The highest BCUT2D eigenvalue weighted by Crippen LogP contribution is 2.25. The lowest BCUT2D eigenvalue weighted by molar-refractivity contribution is 0.719. The average Bonchev–Trinajstić information content (AvgIpc) is 2.68. The molecule has 0 unspecified atom stereocenters. The molecule has 25 heavy (non-hydrogen) atoms. The molecule has 1 aliphatic rings. The zero-order chi connectivity index (χ0) is 17.1. The van der Waals surface area contributed by atoms with Crippen LogP contribution in [0.1, 0.15) is 16.7 Å². The van der Waals surface area contributed by atoms with Gasteiger partial charge in [0.05, 0.1) is 11.6 Å². The highest BCUT2D eigenvalue weighted by molar-refractivity contribution is 5.60. The number of nitrogens with one attached hydrogen (secondary N) is 1. The molecule has 0 fully saturated rings. The first kappa shape index (κ1) is 15.2. The minimum atomic E-state index is 0.640. The van der Waals surface area contributed by atoms with Crippen LogP contribution in [-0.4, -0.2) is 16.5 Å². The summed E-state index contributed by atoms with van der Waals surface area (Å²) in [5.74, 6) is 1.66. The minimum Gasteiger partial charge on any atom is -0.352 e. The van der Waals surface area contributed by atoms with Crippen molar-refractivity contribution in [3.8, 4) is 6.07 Å². The van der Waals surface area contributed by atoms with E-state index >= 15 is 0 Å². The zero-order valence-corrected chi connectivity index (χ0v) is 13.7. The van der Waals surface area contributed by atoms with Gasteiger partial charge in [0.15, 0.2) is 0 Å². The number of hydrogen-bond acceptors (Lipinski definition) is 5. The van der Waals surface area contributed by atoms with E-state index < -0.39 is 0 Å². The molecule has 5 heteroatoms. The molecule has 1 aliphatic heterocycles. The topological polar surface area (TPSA) is 64.8 Å². The van der Waals surface area contributed by atoms with E-state index in [9.17, 15) is 0 Å². The maximum absolute atomic E-state index is 8.87. The Bertz CT molecular complexity index is 927. The molecule has 0 spiro atoms. The SMILES string of the molecule is N#Cc1ccc(Nc2cc(N3CCc4ccccc4C3)ncn2)cc1. The Morgan fingerprint density at radius 3 is 2.60 bits per heavy atom. The predicted octanol–water partition coefficient (Wildman–Crippen LogP) is 3.65. The molecule has 0 radical (unpaired) electrons. The monoisotopic (exact) mass is 327 g/mol. The molecule has 0 saturated carbocycles. The molecular weight excluding hydrogens is 310 g/mol. The zero-order valence-electron chi connectivity index (χ0n) is 13.7. The number of benzene rings is 2. The summed E-state index contributed by atoms with van der Waals surface area (Å²) in [6.45, 7) is 1.81. The summed E-state index contributed by atoms with van der Waals surface area (Å²) in [6, 6.07) is 20.0. The Morgan fingerprint density at radius 1 is 1.00 bits per heavy atom. The van der Waals surface area contributed by atoms with E-state index in [1.807, 2.05) is 18.2 Å². The van der Waals surface area contributed by atoms with Crippen molar-refractivity contribution < 1.29 is 0 Å². The molecule has 2 aromatic carbocycles. The lowest BCUT2D eigenvalue weighted by atomic mass is 10.00. The smallest absolute Gasteiger partial charge is 0.135 e. The third-order valence-corrected chi connectivity index (χ3v) is 4.39. The number of nitriles is 1. The van der Waals surface area contributed by atoms with Crippen LogP contribution in [0.25, 0.3) is 0 Å². The molecule has 1 aromatic heterocycles. The number of hydrogen-bond donors (Lipinski definition) is 1. The standard InChI is InChI=1S/C20H17N5/c21-12-15-5-7-18(8-6-15)24-19-11-20(23-14-22-19)25-10-9-16-3-1-2-4-17(16)13-25/h1-8,11,14H,9-10,13H2,(H,22,23,24). The highest BCUT2D eigenvalue weighted by Gasteiger charge is 2.17. The van der Waals surface area contributed by atoms with Crippen LogP contribution in [0.4, 0.5) is 17.3 Å². The van der Waals surface area contributed by atoms with E-state index in [2.05, 4.69) is 50.5 Å². The third kappa shape index (κ3) is 3.29. The second-order valence-corrected chi connectivity index (χ2v) is 6.02. The normalized spacial score (nSPS) is 13.0. The molecular formula is C20H17N5. The number of rotatable bonds is 3. The summed E-state index contributed by atoms with van der Waals surface area (Å²) in [5, 5.41) is 12.1. The van der Waals surface area contributed by atoms with Crippen molar-refractivity contribution in [2.24, 2.45) is 0 Å². The lowest BCUT2D eigenvalue weighted by Gasteiger charge is -2.29. The van der Waals surface area contributed by atoms with Gasteiger partial charge in [0.2, 0.25) is 0 Å². The largest absolute Gasteiger partial charge is 0.352 e. The molecule has 0 atom stereocenters. The summed E-state index contributed by atoms with van der Waals surface area (Å²) < 4.78 is 0. The first-order valence-corrected chi connectivity index (χ1v) is 8.23. The van der Waals surface area contributed by atoms with E-state index in [1.165, 1.54) is 11.1 Å². The molecule has 2 heterocycles. The van der Waals surface area contributed by atoms with Gasteiger partial charge in [-0.3, -0.25) is 0 Å². The van der Waals surface area contributed by atoms with Crippen LogP contribution in [0.3, 0.4) is 0 Å². The van der Waals surface area contributed by atoms with Gasteiger partial charge in [-0.15, -0.1) is 0 Å². The fraction of sp³-hybridized carbons (Fsp3) is 0.150. The second kappa shape index (κ2) is 6.62. The van der Waals surface area contributed by atoms with Gasteiger partial charge in [-0.25, -0.2) is 9.97 Å². The van der Waals surface area contributed by atoms with Crippen LogP contribution in [-0.2, 0) is 13.0 Å². The van der Waals surface area contributed by atoms with E-state index in [0.717, 1.165) is 36.8 Å². The summed E-state index contributed by atoms with van der Waals surface area (Å²) >= 11 is 0. The first-order chi connectivity index (χ1) is 12.3. The van der Waals surface area contributed by atoms with Crippen LogP contribution in [0.2, 0.25) is 0 Å². The molecule has 4 rings (SSSR count). The summed E-state index contributed by atoms with van der Waals surface area (Å²) in [4.78, 5) is 11.0. The van der Waals surface area contributed by atoms with Gasteiger partial charge in [0.1, 0.15) is 18.0 Å². The van der Waals surface area contributed by atoms with Crippen molar-refractivity contribution in [3.05, 3.63) is 77.6 Å². The van der Waals surface area contributed by atoms with Crippen molar-refractivity contribution in [2.75, 3.05) is 16.8 Å². The second-order valence-electron chi connectivity index (χ2n) is 6.02. The van der Waals surface area contributed by atoms with Crippen LogP contribution in [0.5, 0.6) is 0 Å². The predicted molar refractivity (Wildman–Crippen MR) is 97.7 cm³/mol. The highest BCUT2D eigenvalue weighted by atomic mass is 15.2. The molecule has 0 aliphatic carbocycles. The van der Waals surface area contributed by atoms with Crippen molar-refractivity contribution in [3.63, 3.8) is 0 Å². The van der Waals surface area contributed by atoms with Crippen molar-refractivity contribution in [2.45, 2.75) is 13.0 Å². The summed E-state index contributed by atoms with van der Waals surface area (Å²) in [7, 11) is 0. The quantitative estimate of drug-likeness (QED) is 0.795. The van der Waals surface area contributed by atoms with Crippen molar-refractivity contribution in [1.82, 2.24) is 9.97 Å². The third-order valence-electron chi connectivity index (χ3n) is 4.39. The van der Waals surface area contributed by atoms with Crippen LogP contribution >= 0.6 is 0 Å². The maximum atomic E-state index is 8.87. The van der Waals surface area contributed by atoms with E-state index in [1.54, 1.807) is 18.5 Å². The first-order valence-electron chi connectivity index (χ1n) is 8.23. The average molecular weight is 327 g/mol. The Labute approximate surface area is 146 Å². The van der Waals surface area contributed by atoms with Gasteiger partial charge in [-0.05, 0) is 41.8 Å². The summed E-state index contributed by atoms with van der Waals surface area (Å²) in [6.07, 6.45) is 2.61. The molecule has 1 N–H and O–H groups in total. The Balaban J connectivity index is 1.52. The van der Waals surface area contributed by atoms with Crippen LogP contribution in [0.15, 0.2) is 60.9 Å². The maximum Gasteiger partial charge on any atom is 0.135 e. The van der Waals surface area contributed by atoms with Gasteiger partial charge < -0.3 is 10.2 Å². The Morgan fingerprint density at radius 2 is 1.80 bits per heavy atom. The van der Waals surface area contributed by atoms with Gasteiger partial charge in [-0.2, -0.15) is 5.26 Å². The van der Waals surface area contributed by atoms with Gasteiger partial charge >= 0.3 is 0 Å². The van der Waals surface area contributed by atoms with Gasteiger partial charge in [0.25, 0.3) is 0 Å². The molecule has 122 valence electrons. The molecule has 0 amide bonds. The van der Waals surface area contributed by atoms with Gasteiger partial charge in [0, 0.05) is 24.8 Å². The molecule has 0 saturated heterocycles. The van der Waals surface area contributed by atoms with E-state index in [4.69, 9.17) is 5.26 Å². The van der Waals surface area contributed by atoms with Crippen molar-refractivity contribution >= 4 is 17.3 Å². The Hall–Kier alpha value is -3.39. The van der Waals surface area contributed by atoms with E-state index in [0.29, 0.717) is 5.56 Å². The summed E-state index contributed by atoms with van der Waals surface area (Å²) in [5.41, 5.74) is 4.31. The minimum absolute atomic E-state index is 0.640. The van der Waals surface area contributed by atoms with Gasteiger partial charge in [-0.1, -0.05) is 24.3 Å². The molecule has 5 nitrogen and oxygen atoms in total. The number of nitrogens with zero attached hydrogens (tertiary/aromatic N) is 4.